The number of ether oxygens (including phenoxy) is 3. The van der Waals surface area contributed by atoms with Gasteiger partial charge in [0.2, 0.25) is 0 Å². The Balaban J connectivity index is 0.00000392. The second-order valence-electron chi connectivity index (χ2n) is 7.14. The topological polar surface area (TPSA) is 64.1 Å². The summed E-state index contributed by atoms with van der Waals surface area (Å²) >= 11 is 0. The van der Waals surface area contributed by atoms with Gasteiger partial charge in [-0.05, 0) is 24.3 Å². The maximum atomic E-state index is 5.79. The van der Waals surface area contributed by atoms with Gasteiger partial charge in [0.1, 0.15) is 0 Å². The van der Waals surface area contributed by atoms with Crippen molar-refractivity contribution in [1.29, 1.82) is 0 Å². The van der Waals surface area contributed by atoms with E-state index in [-0.39, 0.29) is 24.0 Å². The van der Waals surface area contributed by atoms with Crippen LogP contribution in [0.5, 0.6) is 0 Å². The molecule has 2 rings (SSSR count). The molecule has 2 atom stereocenters. The summed E-state index contributed by atoms with van der Waals surface area (Å²) in [7, 11) is 1.79. The van der Waals surface area contributed by atoms with Crippen molar-refractivity contribution in [1.82, 2.24) is 10.6 Å². The van der Waals surface area contributed by atoms with E-state index in [1.165, 1.54) is 5.56 Å². The summed E-state index contributed by atoms with van der Waals surface area (Å²) in [5, 5.41) is 6.68. The zero-order valence-electron chi connectivity index (χ0n) is 17.2. The fraction of sp³-hybridized carbons (Fsp3) is 0.667. The molecule has 2 N–H and O–H groups in total. The van der Waals surface area contributed by atoms with Gasteiger partial charge in [0.15, 0.2) is 5.96 Å². The van der Waals surface area contributed by atoms with Gasteiger partial charge in [0.05, 0.1) is 26.4 Å². The predicted octanol–water partition coefficient (Wildman–Crippen LogP) is 3.07. The molecule has 0 radical (unpaired) electrons. The number of halogens is 1. The molecule has 0 bridgehead atoms. The average molecular weight is 505 g/mol. The lowest BCUT2D eigenvalue weighted by molar-refractivity contribution is 0.0887. The predicted molar refractivity (Wildman–Crippen MR) is 124 cm³/mol. The highest BCUT2D eigenvalue weighted by molar-refractivity contribution is 14.0. The summed E-state index contributed by atoms with van der Waals surface area (Å²) in [6.45, 7) is 8.54. The SMILES string of the molecule is CN=C(NCCCOCC1CCOC1)NCC(C)COCc1ccccc1.I. The molecule has 0 spiro atoms. The quantitative estimate of drug-likeness (QED) is 0.198. The summed E-state index contributed by atoms with van der Waals surface area (Å²) in [4.78, 5) is 4.26. The molecule has 1 heterocycles. The summed E-state index contributed by atoms with van der Waals surface area (Å²) in [5.41, 5.74) is 1.21. The molecule has 2 unspecified atom stereocenters. The van der Waals surface area contributed by atoms with E-state index in [4.69, 9.17) is 14.2 Å². The van der Waals surface area contributed by atoms with Crippen molar-refractivity contribution in [3.8, 4) is 0 Å². The van der Waals surface area contributed by atoms with Crippen molar-refractivity contribution in [2.75, 3.05) is 53.2 Å². The zero-order valence-corrected chi connectivity index (χ0v) is 19.5. The number of hydrogen-bond donors (Lipinski definition) is 2. The Morgan fingerprint density at radius 2 is 2.07 bits per heavy atom. The summed E-state index contributed by atoms with van der Waals surface area (Å²) < 4.78 is 16.9. The third-order valence-electron chi connectivity index (χ3n) is 4.49. The first-order valence-corrected chi connectivity index (χ1v) is 9.99. The molecule has 0 aliphatic carbocycles. The number of nitrogens with one attached hydrogen (secondary N) is 2. The Bertz CT molecular complexity index is 525. The largest absolute Gasteiger partial charge is 0.381 e. The van der Waals surface area contributed by atoms with Crippen molar-refractivity contribution >= 4 is 29.9 Å². The Kier molecular flexibility index (Phi) is 14.3. The molecule has 1 aromatic carbocycles. The molecule has 1 saturated heterocycles. The number of benzene rings is 1. The van der Waals surface area contributed by atoms with Gasteiger partial charge in [-0.2, -0.15) is 0 Å². The van der Waals surface area contributed by atoms with E-state index in [0.29, 0.717) is 18.4 Å². The fourth-order valence-corrected chi connectivity index (χ4v) is 2.85. The molecule has 6 nitrogen and oxygen atoms in total. The van der Waals surface area contributed by atoms with E-state index in [2.05, 4.69) is 34.7 Å². The van der Waals surface area contributed by atoms with E-state index < -0.39 is 0 Å². The number of aliphatic imine (C=N–C) groups is 1. The van der Waals surface area contributed by atoms with Crippen LogP contribution in [0, 0.1) is 11.8 Å². The minimum Gasteiger partial charge on any atom is -0.381 e. The second kappa shape index (κ2) is 16.0. The standard InChI is InChI=1S/C21H35N3O3.HI/c1-18(14-27-15-19-7-4-3-5-8-19)13-24-21(22-2)23-10-6-11-25-16-20-9-12-26-17-20;/h3-5,7-8,18,20H,6,9-17H2,1-2H3,(H2,22,23,24);1H. The van der Waals surface area contributed by atoms with Crippen molar-refractivity contribution in [2.24, 2.45) is 16.8 Å². The lowest BCUT2D eigenvalue weighted by atomic mass is 10.1. The van der Waals surface area contributed by atoms with Gasteiger partial charge in [-0.1, -0.05) is 37.3 Å². The third kappa shape index (κ3) is 11.2. The first kappa shape index (κ1) is 25.1. The lowest BCUT2D eigenvalue weighted by Gasteiger charge is -2.16. The molecule has 28 heavy (non-hydrogen) atoms. The normalized spacial score (nSPS) is 17.8. The van der Waals surface area contributed by atoms with E-state index in [0.717, 1.165) is 64.9 Å². The lowest BCUT2D eigenvalue weighted by Crippen LogP contribution is -2.40. The van der Waals surface area contributed by atoms with Crippen LogP contribution in [0.1, 0.15) is 25.3 Å². The van der Waals surface area contributed by atoms with Crippen LogP contribution in [0.4, 0.5) is 0 Å². The highest BCUT2D eigenvalue weighted by Crippen LogP contribution is 2.12. The first-order valence-electron chi connectivity index (χ1n) is 9.99. The Morgan fingerprint density at radius 3 is 2.79 bits per heavy atom. The van der Waals surface area contributed by atoms with Crippen molar-refractivity contribution in [3.63, 3.8) is 0 Å². The van der Waals surface area contributed by atoms with E-state index in [1.807, 2.05) is 18.2 Å². The van der Waals surface area contributed by atoms with E-state index >= 15 is 0 Å². The summed E-state index contributed by atoms with van der Waals surface area (Å²) in [5.74, 6) is 1.82. The van der Waals surface area contributed by atoms with Crippen molar-refractivity contribution < 1.29 is 14.2 Å². The van der Waals surface area contributed by atoms with Crippen molar-refractivity contribution in [3.05, 3.63) is 35.9 Å². The van der Waals surface area contributed by atoms with Crippen LogP contribution in [0.3, 0.4) is 0 Å². The van der Waals surface area contributed by atoms with Gasteiger partial charge in [-0.25, -0.2) is 0 Å². The molecule has 0 amide bonds. The van der Waals surface area contributed by atoms with Crippen LogP contribution < -0.4 is 10.6 Å². The monoisotopic (exact) mass is 505 g/mol. The average Bonchev–Trinajstić information content (AvgIpc) is 3.21. The van der Waals surface area contributed by atoms with Gasteiger partial charge < -0.3 is 24.8 Å². The number of hydrogen-bond acceptors (Lipinski definition) is 4. The van der Waals surface area contributed by atoms with Crippen LogP contribution in [-0.2, 0) is 20.8 Å². The highest BCUT2D eigenvalue weighted by Gasteiger charge is 2.15. The van der Waals surface area contributed by atoms with Crippen LogP contribution in [-0.4, -0.2) is 59.1 Å². The molecule has 7 heteroatoms. The molecule has 0 saturated carbocycles. The zero-order chi connectivity index (χ0) is 19.2. The Morgan fingerprint density at radius 1 is 1.25 bits per heavy atom. The molecule has 160 valence electrons. The molecule has 1 aliphatic rings. The number of nitrogens with zero attached hydrogens (tertiary/aromatic N) is 1. The smallest absolute Gasteiger partial charge is 0.190 e. The maximum absolute atomic E-state index is 5.79. The fourth-order valence-electron chi connectivity index (χ4n) is 2.85. The Labute approximate surface area is 186 Å². The molecule has 1 fully saturated rings. The van der Waals surface area contributed by atoms with Gasteiger partial charge in [0, 0.05) is 39.3 Å². The van der Waals surface area contributed by atoms with E-state index in [1.54, 1.807) is 7.05 Å². The minimum atomic E-state index is 0. The highest BCUT2D eigenvalue weighted by atomic mass is 127. The van der Waals surface area contributed by atoms with Crippen LogP contribution in [0.2, 0.25) is 0 Å². The third-order valence-corrected chi connectivity index (χ3v) is 4.49. The minimum absolute atomic E-state index is 0. The van der Waals surface area contributed by atoms with Crippen LogP contribution >= 0.6 is 24.0 Å². The van der Waals surface area contributed by atoms with Gasteiger partial charge in [0.25, 0.3) is 0 Å². The van der Waals surface area contributed by atoms with Crippen LogP contribution in [0.25, 0.3) is 0 Å². The molecule has 0 aromatic heterocycles. The first-order chi connectivity index (χ1) is 13.3. The summed E-state index contributed by atoms with van der Waals surface area (Å²) in [6.07, 6.45) is 2.09. The maximum Gasteiger partial charge on any atom is 0.190 e. The number of guanidine groups is 1. The van der Waals surface area contributed by atoms with Crippen molar-refractivity contribution in [2.45, 2.75) is 26.4 Å². The second-order valence-corrected chi connectivity index (χ2v) is 7.14. The van der Waals surface area contributed by atoms with Gasteiger partial charge in [-0.15, -0.1) is 24.0 Å². The number of rotatable bonds is 12. The van der Waals surface area contributed by atoms with Crippen LogP contribution in [0.15, 0.2) is 35.3 Å². The summed E-state index contributed by atoms with van der Waals surface area (Å²) in [6, 6.07) is 10.3. The van der Waals surface area contributed by atoms with Gasteiger partial charge >= 0.3 is 0 Å². The molecule has 1 aliphatic heterocycles. The Hall–Kier alpha value is -0.900. The molecular formula is C21H36IN3O3. The molecular weight excluding hydrogens is 469 g/mol. The molecule has 1 aromatic rings. The van der Waals surface area contributed by atoms with E-state index in [9.17, 15) is 0 Å². The van der Waals surface area contributed by atoms with Gasteiger partial charge in [-0.3, -0.25) is 4.99 Å².